The molecular weight excluding hydrogens is 434 g/mol. The second-order valence-corrected chi connectivity index (χ2v) is 8.66. The number of aryl methyl sites for hydroxylation is 1. The molecule has 0 radical (unpaired) electrons. The molecule has 1 aromatic heterocycles. The molecular formula is C23H22ClN3O3S. The lowest BCUT2D eigenvalue weighted by molar-refractivity contribution is -0.125. The van der Waals surface area contributed by atoms with Crippen LogP contribution in [0.25, 0.3) is 11.3 Å². The van der Waals surface area contributed by atoms with Gasteiger partial charge in [-0.3, -0.25) is 14.5 Å². The van der Waals surface area contributed by atoms with Crippen LogP contribution in [-0.2, 0) is 16.0 Å². The van der Waals surface area contributed by atoms with Crippen molar-refractivity contribution in [3.63, 3.8) is 0 Å². The van der Waals surface area contributed by atoms with E-state index in [0.29, 0.717) is 22.1 Å². The summed E-state index contributed by atoms with van der Waals surface area (Å²) in [4.78, 5) is 31.8. The molecule has 0 spiro atoms. The molecule has 4 rings (SSSR count). The number of amides is 2. The quantitative estimate of drug-likeness (QED) is 0.556. The number of thiazole rings is 1. The van der Waals surface area contributed by atoms with E-state index in [9.17, 15) is 9.59 Å². The van der Waals surface area contributed by atoms with Crippen LogP contribution in [0.15, 0.2) is 47.8 Å². The molecule has 31 heavy (non-hydrogen) atoms. The van der Waals surface area contributed by atoms with E-state index < -0.39 is 6.04 Å². The van der Waals surface area contributed by atoms with Crippen molar-refractivity contribution >= 4 is 46.1 Å². The Hall–Kier alpha value is -2.90. The third kappa shape index (κ3) is 4.57. The Balaban J connectivity index is 1.61. The fraction of sp³-hybridized carbons (Fsp3) is 0.261. The number of fused-ring (bicyclic) bond motifs is 1. The van der Waals surface area contributed by atoms with Crippen molar-refractivity contribution in [3.8, 4) is 17.0 Å². The maximum atomic E-state index is 12.9. The minimum Gasteiger partial charge on any atom is -0.482 e. The number of hydrogen-bond acceptors (Lipinski definition) is 5. The van der Waals surface area contributed by atoms with Gasteiger partial charge in [-0.15, -0.1) is 11.3 Å². The fourth-order valence-electron chi connectivity index (χ4n) is 3.42. The largest absolute Gasteiger partial charge is 0.482 e. The van der Waals surface area contributed by atoms with Crippen molar-refractivity contribution in [2.45, 2.75) is 32.7 Å². The van der Waals surface area contributed by atoms with Gasteiger partial charge in [0.25, 0.3) is 5.91 Å². The highest BCUT2D eigenvalue weighted by Gasteiger charge is 2.33. The topological polar surface area (TPSA) is 71.5 Å². The van der Waals surface area contributed by atoms with Crippen LogP contribution >= 0.6 is 22.9 Å². The molecule has 0 saturated heterocycles. The van der Waals surface area contributed by atoms with Gasteiger partial charge in [0.1, 0.15) is 11.8 Å². The Kier molecular flexibility index (Phi) is 6.25. The molecule has 0 aliphatic carbocycles. The monoisotopic (exact) mass is 455 g/mol. The molecule has 3 aromatic rings. The highest BCUT2D eigenvalue weighted by atomic mass is 35.5. The molecule has 1 aliphatic rings. The highest BCUT2D eigenvalue weighted by Crippen LogP contribution is 2.37. The molecule has 0 fully saturated rings. The molecule has 1 atom stereocenters. The molecule has 8 heteroatoms. The summed E-state index contributed by atoms with van der Waals surface area (Å²) in [5.74, 6) is -0.000300. The van der Waals surface area contributed by atoms with Crippen molar-refractivity contribution in [3.05, 3.63) is 57.9 Å². The predicted molar refractivity (Wildman–Crippen MR) is 124 cm³/mol. The number of halogens is 1. The maximum absolute atomic E-state index is 12.9. The summed E-state index contributed by atoms with van der Waals surface area (Å²) in [6, 6.07) is 11.7. The molecule has 0 saturated carbocycles. The zero-order valence-corrected chi connectivity index (χ0v) is 18.8. The lowest BCUT2D eigenvalue weighted by Crippen LogP contribution is -2.49. The lowest BCUT2D eigenvalue weighted by Gasteiger charge is -2.33. The third-order valence-electron chi connectivity index (χ3n) is 5.03. The number of benzene rings is 2. The summed E-state index contributed by atoms with van der Waals surface area (Å²) >= 11 is 7.53. The van der Waals surface area contributed by atoms with Crippen molar-refractivity contribution in [2.75, 3.05) is 16.8 Å². The normalized spacial score (nSPS) is 14.0. The average molecular weight is 456 g/mol. The van der Waals surface area contributed by atoms with E-state index in [1.165, 1.54) is 4.90 Å². The van der Waals surface area contributed by atoms with Crippen molar-refractivity contribution in [1.29, 1.82) is 0 Å². The molecule has 1 aliphatic heterocycles. The second kappa shape index (κ2) is 9.08. The number of hydrogen-bond donors (Lipinski definition) is 1. The first-order valence-electron chi connectivity index (χ1n) is 10.1. The molecule has 2 aromatic carbocycles. The van der Waals surface area contributed by atoms with E-state index in [4.69, 9.17) is 21.3 Å². The van der Waals surface area contributed by atoms with Crippen LogP contribution in [-0.4, -0.2) is 29.4 Å². The number of carbonyl (C=O) groups is 2. The summed E-state index contributed by atoms with van der Waals surface area (Å²) in [6.45, 7) is 3.71. The van der Waals surface area contributed by atoms with Gasteiger partial charge in [-0.25, -0.2) is 4.98 Å². The van der Waals surface area contributed by atoms with Gasteiger partial charge in [0.2, 0.25) is 5.91 Å². The Morgan fingerprint density at radius 3 is 2.81 bits per heavy atom. The predicted octanol–water partition coefficient (Wildman–Crippen LogP) is 5.17. The Morgan fingerprint density at radius 1 is 1.29 bits per heavy atom. The number of nitrogens with one attached hydrogen (secondary N) is 1. The van der Waals surface area contributed by atoms with Gasteiger partial charge in [-0.05, 0) is 62.2 Å². The number of nitrogens with zero attached hydrogens (tertiary/aromatic N) is 2. The minimum absolute atomic E-state index is 0.109. The molecule has 1 unspecified atom stereocenters. The van der Waals surface area contributed by atoms with Crippen LogP contribution in [0, 0.1) is 0 Å². The summed E-state index contributed by atoms with van der Waals surface area (Å²) in [5.41, 5.74) is 2.91. The first-order chi connectivity index (χ1) is 15.0. The van der Waals surface area contributed by atoms with Gasteiger partial charge in [0, 0.05) is 21.7 Å². The second-order valence-electron chi connectivity index (χ2n) is 7.28. The van der Waals surface area contributed by atoms with E-state index >= 15 is 0 Å². The summed E-state index contributed by atoms with van der Waals surface area (Å²) < 4.78 is 5.61. The molecule has 2 amide bonds. The van der Waals surface area contributed by atoms with E-state index in [1.807, 2.05) is 23.6 Å². The standard InChI is InChI=1S/C23H22ClN3O3S/c1-3-4-21-26-18(13-31-21)15-5-10-20-19(11-15)27(22(28)12-30-20)14(2)23(29)25-17-8-6-16(24)7-9-17/h5-11,13-14H,3-4,12H2,1-2H3,(H,25,29). The fourth-order valence-corrected chi connectivity index (χ4v) is 4.46. The lowest BCUT2D eigenvalue weighted by atomic mass is 10.1. The minimum atomic E-state index is -0.729. The SMILES string of the molecule is CCCc1nc(-c2ccc3c(c2)N(C(C)C(=O)Nc2ccc(Cl)cc2)C(=O)CO3)cs1. The van der Waals surface area contributed by atoms with Gasteiger partial charge in [-0.2, -0.15) is 0 Å². The molecule has 2 heterocycles. The van der Waals surface area contributed by atoms with Crippen LogP contribution < -0.4 is 15.0 Å². The van der Waals surface area contributed by atoms with Crippen LogP contribution in [0.2, 0.25) is 5.02 Å². The van der Waals surface area contributed by atoms with E-state index in [1.54, 1.807) is 42.5 Å². The Bertz CT molecular complexity index is 1110. The van der Waals surface area contributed by atoms with Gasteiger partial charge in [0.15, 0.2) is 6.61 Å². The van der Waals surface area contributed by atoms with Crippen LogP contribution in [0.1, 0.15) is 25.3 Å². The van der Waals surface area contributed by atoms with Gasteiger partial charge in [-0.1, -0.05) is 18.5 Å². The Morgan fingerprint density at radius 2 is 2.06 bits per heavy atom. The number of aromatic nitrogens is 1. The highest BCUT2D eigenvalue weighted by molar-refractivity contribution is 7.09. The maximum Gasteiger partial charge on any atom is 0.265 e. The van der Waals surface area contributed by atoms with E-state index in [-0.39, 0.29) is 18.4 Å². The smallest absolute Gasteiger partial charge is 0.265 e. The summed E-state index contributed by atoms with van der Waals surface area (Å²) in [7, 11) is 0. The van der Waals surface area contributed by atoms with Crippen molar-refractivity contribution in [2.24, 2.45) is 0 Å². The molecule has 160 valence electrons. The van der Waals surface area contributed by atoms with Gasteiger partial charge < -0.3 is 10.1 Å². The van der Waals surface area contributed by atoms with E-state index in [0.717, 1.165) is 29.1 Å². The molecule has 1 N–H and O–H groups in total. The van der Waals surface area contributed by atoms with Gasteiger partial charge >= 0.3 is 0 Å². The average Bonchev–Trinajstić information content (AvgIpc) is 3.23. The number of ether oxygens (including phenoxy) is 1. The zero-order valence-electron chi connectivity index (χ0n) is 17.2. The first-order valence-corrected chi connectivity index (χ1v) is 11.3. The third-order valence-corrected chi connectivity index (χ3v) is 6.19. The van der Waals surface area contributed by atoms with Crippen molar-refractivity contribution < 1.29 is 14.3 Å². The summed E-state index contributed by atoms with van der Waals surface area (Å²) in [5, 5.41) is 6.51. The van der Waals surface area contributed by atoms with E-state index in [2.05, 4.69) is 12.2 Å². The van der Waals surface area contributed by atoms with Crippen LogP contribution in [0.4, 0.5) is 11.4 Å². The van der Waals surface area contributed by atoms with Crippen molar-refractivity contribution in [1.82, 2.24) is 4.98 Å². The zero-order chi connectivity index (χ0) is 22.0. The number of carbonyl (C=O) groups excluding carboxylic acids is 2. The first kappa shape index (κ1) is 21.3. The van der Waals surface area contributed by atoms with Crippen LogP contribution in [0.3, 0.4) is 0 Å². The summed E-state index contributed by atoms with van der Waals surface area (Å²) in [6.07, 6.45) is 1.97. The molecule has 6 nitrogen and oxygen atoms in total. The van der Waals surface area contributed by atoms with Crippen LogP contribution in [0.5, 0.6) is 5.75 Å². The van der Waals surface area contributed by atoms with Gasteiger partial charge in [0.05, 0.1) is 16.4 Å². The Labute approximate surface area is 189 Å². The number of anilines is 2. The number of rotatable bonds is 6. The molecule has 0 bridgehead atoms.